The molecule has 0 aliphatic rings. The third-order valence-electron chi connectivity index (χ3n) is 3.69. The molecule has 0 bridgehead atoms. The molecule has 0 unspecified atom stereocenters. The van der Waals surface area contributed by atoms with Gasteiger partial charge < -0.3 is 14.3 Å². The number of rotatable bonds is 5. The zero-order chi connectivity index (χ0) is 17.1. The first-order valence-corrected chi connectivity index (χ1v) is 7.79. The van der Waals surface area contributed by atoms with Gasteiger partial charge in [0.25, 0.3) is 5.91 Å². The van der Waals surface area contributed by atoms with Crippen molar-refractivity contribution in [3.8, 4) is 11.3 Å². The zero-order valence-electron chi connectivity index (χ0n) is 13.9. The predicted octanol–water partition coefficient (Wildman–Crippen LogP) is 3.69. The van der Waals surface area contributed by atoms with Crippen LogP contribution in [-0.4, -0.2) is 16.0 Å². The Hall–Kier alpha value is -2.89. The smallest absolute Gasteiger partial charge is 0.255 e. The molecule has 0 spiro atoms. The number of carbonyl (C=O) groups excluding carboxylic acids is 1. The van der Waals surface area contributed by atoms with Crippen molar-refractivity contribution in [3.05, 3.63) is 59.5 Å². The number of hydrogen-bond donors (Lipinski definition) is 1. The summed E-state index contributed by atoms with van der Waals surface area (Å²) in [6.07, 6.45) is 3.41. The SMILES string of the molecule is Cc1oc(C(C)C)cc1C(=O)NCc1cc(-c2cccnc2)no1. The van der Waals surface area contributed by atoms with E-state index in [1.807, 2.05) is 26.0 Å². The van der Waals surface area contributed by atoms with Crippen molar-refractivity contribution in [2.45, 2.75) is 33.2 Å². The van der Waals surface area contributed by atoms with Crippen LogP contribution in [-0.2, 0) is 6.54 Å². The number of carbonyl (C=O) groups is 1. The fourth-order valence-electron chi connectivity index (χ4n) is 2.32. The first-order chi connectivity index (χ1) is 11.5. The van der Waals surface area contributed by atoms with Gasteiger partial charge in [-0.25, -0.2) is 0 Å². The van der Waals surface area contributed by atoms with Crippen molar-refractivity contribution in [2.24, 2.45) is 0 Å². The standard InChI is InChI=1S/C18H19N3O3/c1-11(2)17-8-15(12(3)23-17)18(22)20-10-14-7-16(21-24-14)13-5-4-6-19-9-13/h4-9,11H,10H2,1-3H3,(H,20,22). The highest BCUT2D eigenvalue weighted by Gasteiger charge is 2.17. The molecule has 0 atom stereocenters. The topological polar surface area (TPSA) is 81.2 Å². The van der Waals surface area contributed by atoms with Gasteiger partial charge in [0, 0.05) is 29.9 Å². The van der Waals surface area contributed by atoms with Crippen LogP contribution in [0.4, 0.5) is 0 Å². The molecule has 1 amide bonds. The van der Waals surface area contributed by atoms with Crippen LogP contribution in [0.1, 0.15) is 47.4 Å². The Morgan fingerprint density at radius 2 is 2.17 bits per heavy atom. The van der Waals surface area contributed by atoms with Gasteiger partial charge >= 0.3 is 0 Å². The molecule has 3 aromatic rings. The third-order valence-corrected chi connectivity index (χ3v) is 3.69. The molecule has 0 saturated heterocycles. The summed E-state index contributed by atoms with van der Waals surface area (Å²) < 4.78 is 10.9. The van der Waals surface area contributed by atoms with Crippen LogP contribution in [0, 0.1) is 6.92 Å². The minimum atomic E-state index is -0.192. The normalized spacial score (nSPS) is 11.0. The summed E-state index contributed by atoms with van der Waals surface area (Å²) in [6, 6.07) is 7.31. The summed E-state index contributed by atoms with van der Waals surface area (Å²) in [5.41, 5.74) is 2.10. The number of pyridine rings is 1. The number of furan rings is 1. The third kappa shape index (κ3) is 3.37. The summed E-state index contributed by atoms with van der Waals surface area (Å²) in [7, 11) is 0. The molecule has 0 aliphatic heterocycles. The van der Waals surface area contributed by atoms with E-state index in [2.05, 4.69) is 15.5 Å². The van der Waals surface area contributed by atoms with Crippen molar-refractivity contribution < 1.29 is 13.7 Å². The van der Waals surface area contributed by atoms with Crippen molar-refractivity contribution in [2.75, 3.05) is 0 Å². The van der Waals surface area contributed by atoms with Gasteiger partial charge in [-0.2, -0.15) is 0 Å². The summed E-state index contributed by atoms with van der Waals surface area (Å²) >= 11 is 0. The second kappa shape index (κ2) is 6.70. The molecule has 0 aromatic carbocycles. The maximum atomic E-state index is 12.3. The molecule has 0 aliphatic carbocycles. The average Bonchev–Trinajstić information content (AvgIpc) is 3.20. The van der Waals surface area contributed by atoms with Crippen molar-refractivity contribution >= 4 is 5.91 Å². The maximum Gasteiger partial charge on any atom is 0.255 e. The summed E-state index contributed by atoms with van der Waals surface area (Å²) in [5, 5.41) is 6.82. The van der Waals surface area contributed by atoms with Crippen molar-refractivity contribution in [1.29, 1.82) is 0 Å². The van der Waals surface area contributed by atoms with Gasteiger partial charge in [0.2, 0.25) is 0 Å². The highest BCUT2D eigenvalue weighted by atomic mass is 16.5. The second-order valence-electron chi connectivity index (χ2n) is 5.88. The minimum absolute atomic E-state index is 0.192. The number of hydrogen-bond acceptors (Lipinski definition) is 5. The largest absolute Gasteiger partial charge is 0.465 e. The highest BCUT2D eigenvalue weighted by molar-refractivity contribution is 5.95. The lowest BCUT2D eigenvalue weighted by Gasteiger charge is -2.00. The zero-order valence-corrected chi connectivity index (χ0v) is 13.9. The van der Waals surface area contributed by atoms with E-state index in [-0.39, 0.29) is 18.4 Å². The molecule has 0 radical (unpaired) electrons. The summed E-state index contributed by atoms with van der Waals surface area (Å²) in [5.74, 6) is 2.04. The van der Waals surface area contributed by atoms with Crippen LogP contribution in [0.15, 0.2) is 45.6 Å². The Bertz CT molecular complexity index is 834. The predicted molar refractivity (Wildman–Crippen MR) is 88.4 cm³/mol. The number of aromatic nitrogens is 2. The van der Waals surface area contributed by atoms with Gasteiger partial charge in [0.15, 0.2) is 5.76 Å². The van der Waals surface area contributed by atoms with Crippen LogP contribution in [0.3, 0.4) is 0 Å². The van der Waals surface area contributed by atoms with Crippen LogP contribution >= 0.6 is 0 Å². The monoisotopic (exact) mass is 325 g/mol. The van der Waals surface area contributed by atoms with Gasteiger partial charge in [0.1, 0.15) is 17.2 Å². The van der Waals surface area contributed by atoms with Gasteiger partial charge in [-0.05, 0) is 25.1 Å². The number of nitrogens with one attached hydrogen (secondary N) is 1. The van der Waals surface area contributed by atoms with Crippen molar-refractivity contribution in [1.82, 2.24) is 15.5 Å². The Morgan fingerprint density at radius 1 is 1.33 bits per heavy atom. The molecule has 0 saturated carbocycles. The fourth-order valence-corrected chi connectivity index (χ4v) is 2.32. The molecule has 3 aromatic heterocycles. The number of amides is 1. The number of aryl methyl sites for hydroxylation is 1. The van der Waals surface area contributed by atoms with Crippen LogP contribution in [0.25, 0.3) is 11.3 Å². The Balaban J connectivity index is 1.66. The summed E-state index contributed by atoms with van der Waals surface area (Å²) in [6.45, 7) is 6.09. The molecule has 3 rings (SSSR count). The maximum absolute atomic E-state index is 12.3. The van der Waals surface area contributed by atoms with E-state index in [0.29, 0.717) is 22.8 Å². The molecular weight excluding hydrogens is 306 g/mol. The molecule has 3 heterocycles. The number of nitrogens with zero attached hydrogens (tertiary/aromatic N) is 2. The Morgan fingerprint density at radius 3 is 2.83 bits per heavy atom. The molecule has 1 N–H and O–H groups in total. The van der Waals surface area contributed by atoms with E-state index in [0.717, 1.165) is 11.3 Å². The van der Waals surface area contributed by atoms with Crippen LogP contribution < -0.4 is 5.32 Å². The van der Waals surface area contributed by atoms with Gasteiger partial charge in [0.05, 0.1) is 12.1 Å². The lowest BCUT2D eigenvalue weighted by atomic mass is 10.1. The first kappa shape index (κ1) is 16.0. The van der Waals surface area contributed by atoms with E-state index in [1.165, 1.54) is 0 Å². The molecule has 6 heteroatoms. The molecule has 124 valence electrons. The van der Waals surface area contributed by atoms with Gasteiger partial charge in [-0.1, -0.05) is 19.0 Å². The highest BCUT2D eigenvalue weighted by Crippen LogP contribution is 2.22. The molecular formula is C18H19N3O3. The Labute approximate surface area is 139 Å². The van der Waals surface area contributed by atoms with E-state index >= 15 is 0 Å². The van der Waals surface area contributed by atoms with E-state index in [4.69, 9.17) is 8.94 Å². The average molecular weight is 325 g/mol. The quantitative estimate of drug-likeness (QED) is 0.773. The fraction of sp³-hybridized carbons (Fsp3) is 0.278. The second-order valence-corrected chi connectivity index (χ2v) is 5.88. The van der Waals surface area contributed by atoms with Crippen LogP contribution in [0.2, 0.25) is 0 Å². The lowest BCUT2D eigenvalue weighted by molar-refractivity contribution is 0.0945. The lowest BCUT2D eigenvalue weighted by Crippen LogP contribution is -2.22. The summed E-state index contributed by atoms with van der Waals surface area (Å²) in [4.78, 5) is 16.4. The van der Waals surface area contributed by atoms with Gasteiger partial charge in [-0.15, -0.1) is 0 Å². The van der Waals surface area contributed by atoms with E-state index < -0.39 is 0 Å². The van der Waals surface area contributed by atoms with Gasteiger partial charge in [-0.3, -0.25) is 9.78 Å². The van der Waals surface area contributed by atoms with Crippen molar-refractivity contribution in [3.63, 3.8) is 0 Å². The minimum Gasteiger partial charge on any atom is -0.465 e. The van der Waals surface area contributed by atoms with Crippen LogP contribution in [0.5, 0.6) is 0 Å². The first-order valence-electron chi connectivity index (χ1n) is 7.79. The molecule has 24 heavy (non-hydrogen) atoms. The molecule has 0 fully saturated rings. The molecule has 6 nitrogen and oxygen atoms in total. The Kier molecular flexibility index (Phi) is 4.46. The van der Waals surface area contributed by atoms with E-state index in [1.54, 1.807) is 31.5 Å². The van der Waals surface area contributed by atoms with E-state index in [9.17, 15) is 4.79 Å².